The van der Waals surface area contributed by atoms with Crippen molar-refractivity contribution in [1.29, 1.82) is 0 Å². The van der Waals surface area contributed by atoms with Crippen molar-refractivity contribution >= 4 is 23.0 Å². The maximum Gasteiger partial charge on any atom is 0.417 e. The molecule has 1 aromatic carbocycles. The van der Waals surface area contributed by atoms with E-state index >= 15 is 0 Å². The molecule has 1 aliphatic heterocycles. The largest absolute Gasteiger partial charge is 0.417 e. The molecule has 0 spiro atoms. The van der Waals surface area contributed by atoms with Gasteiger partial charge in [0, 0.05) is 13.1 Å². The standard InChI is InChI=1S/C12H14ClF3N2/c1-3-17-7-18(4-2)11-6-9(13)8(5-10(11)17)12(14,15)16/h5-6H,3-4,7H2,1-2H3. The molecule has 0 bridgehead atoms. The van der Waals surface area contributed by atoms with Gasteiger partial charge in [-0.25, -0.2) is 0 Å². The average molecular weight is 279 g/mol. The minimum absolute atomic E-state index is 0.238. The first-order valence-corrected chi connectivity index (χ1v) is 6.16. The van der Waals surface area contributed by atoms with E-state index in [9.17, 15) is 13.2 Å². The number of hydrogen-bond acceptors (Lipinski definition) is 2. The van der Waals surface area contributed by atoms with Crippen molar-refractivity contribution < 1.29 is 13.2 Å². The second-order valence-electron chi connectivity index (χ2n) is 4.17. The Morgan fingerprint density at radius 2 is 1.61 bits per heavy atom. The van der Waals surface area contributed by atoms with Gasteiger partial charge in [-0.15, -0.1) is 0 Å². The Hall–Kier alpha value is -1.10. The van der Waals surface area contributed by atoms with E-state index in [-0.39, 0.29) is 5.02 Å². The summed E-state index contributed by atoms with van der Waals surface area (Å²) in [4.78, 5) is 3.91. The molecule has 2 nitrogen and oxygen atoms in total. The molecule has 1 aliphatic rings. The zero-order chi connectivity index (χ0) is 13.5. The first kappa shape index (κ1) is 13.3. The van der Waals surface area contributed by atoms with Crippen LogP contribution in [0.4, 0.5) is 24.5 Å². The summed E-state index contributed by atoms with van der Waals surface area (Å²) in [6, 6.07) is 2.57. The van der Waals surface area contributed by atoms with Crippen LogP contribution >= 0.6 is 11.6 Å². The normalized spacial score (nSPS) is 15.2. The fourth-order valence-corrected chi connectivity index (χ4v) is 2.44. The summed E-state index contributed by atoms with van der Waals surface area (Å²) < 4.78 is 38.4. The minimum atomic E-state index is -4.41. The number of nitrogens with zero attached hydrogens (tertiary/aromatic N) is 2. The summed E-state index contributed by atoms with van der Waals surface area (Å²) in [7, 11) is 0. The molecule has 0 aromatic heterocycles. The van der Waals surface area contributed by atoms with E-state index in [0.29, 0.717) is 18.9 Å². The van der Waals surface area contributed by atoms with Gasteiger partial charge in [0.05, 0.1) is 28.6 Å². The van der Waals surface area contributed by atoms with Crippen LogP contribution in [0.5, 0.6) is 0 Å². The van der Waals surface area contributed by atoms with Gasteiger partial charge in [-0.3, -0.25) is 0 Å². The Morgan fingerprint density at radius 1 is 1.11 bits per heavy atom. The summed E-state index contributed by atoms with van der Waals surface area (Å²) in [5.41, 5.74) is 0.618. The monoisotopic (exact) mass is 278 g/mol. The lowest BCUT2D eigenvalue weighted by molar-refractivity contribution is -0.137. The molecule has 6 heteroatoms. The molecule has 100 valence electrons. The molecule has 18 heavy (non-hydrogen) atoms. The molecule has 0 N–H and O–H groups in total. The molecule has 0 amide bonds. The number of anilines is 2. The third-order valence-electron chi connectivity index (χ3n) is 3.16. The van der Waals surface area contributed by atoms with Gasteiger partial charge in [0.2, 0.25) is 0 Å². The second kappa shape index (κ2) is 4.53. The summed E-state index contributed by atoms with van der Waals surface area (Å²) >= 11 is 5.74. The van der Waals surface area contributed by atoms with Crippen LogP contribution in [0.15, 0.2) is 12.1 Å². The third kappa shape index (κ3) is 2.11. The first-order valence-electron chi connectivity index (χ1n) is 5.79. The van der Waals surface area contributed by atoms with Crippen LogP contribution in [-0.4, -0.2) is 19.8 Å². The maximum atomic E-state index is 12.8. The molecule has 0 fully saturated rings. The maximum absolute atomic E-state index is 12.8. The average Bonchev–Trinajstić information content (AvgIpc) is 2.63. The van der Waals surface area contributed by atoms with Crippen molar-refractivity contribution in [2.24, 2.45) is 0 Å². The summed E-state index contributed by atoms with van der Waals surface area (Å²) in [6.45, 7) is 5.91. The van der Waals surface area contributed by atoms with Crippen molar-refractivity contribution in [3.05, 3.63) is 22.7 Å². The Labute approximate surface area is 109 Å². The van der Waals surface area contributed by atoms with Crippen LogP contribution in [0, 0.1) is 0 Å². The fourth-order valence-electron chi connectivity index (χ4n) is 2.17. The molecule has 0 unspecified atom stereocenters. The number of hydrogen-bond donors (Lipinski definition) is 0. The SMILES string of the molecule is CCN1CN(CC)c2cc(C(F)(F)F)c(Cl)cc21. The van der Waals surface area contributed by atoms with Gasteiger partial charge in [-0.05, 0) is 26.0 Å². The number of halogens is 4. The minimum Gasteiger partial charge on any atom is -0.352 e. The van der Waals surface area contributed by atoms with Crippen molar-refractivity contribution in [1.82, 2.24) is 0 Å². The van der Waals surface area contributed by atoms with E-state index in [2.05, 4.69) is 0 Å². The summed E-state index contributed by atoms with van der Waals surface area (Å²) in [6.07, 6.45) is -4.41. The number of rotatable bonds is 2. The van der Waals surface area contributed by atoms with E-state index in [1.54, 1.807) is 0 Å². The molecule has 0 aliphatic carbocycles. The lowest BCUT2D eigenvalue weighted by Crippen LogP contribution is -2.30. The molecule has 0 saturated carbocycles. The quantitative estimate of drug-likeness (QED) is 0.807. The Kier molecular flexibility index (Phi) is 3.36. The van der Waals surface area contributed by atoms with Crippen LogP contribution in [0.2, 0.25) is 5.02 Å². The van der Waals surface area contributed by atoms with Gasteiger partial charge in [0.25, 0.3) is 0 Å². The molecule has 1 aromatic rings. The number of benzene rings is 1. The van der Waals surface area contributed by atoms with Crippen LogP contribution in [0.25, 0.3) is 0 Å². The fraction of sp³-hybridized carbons (Fsp3) is 0.500. The Morgan fingerprint density at radius 3 is 2.06 bits per heavy atom. The van der Waals surface area contributed by atoms with E-state index < -0.39 is 11.7 Å². The lowest BCUT2D eigenvalue weighted by atomic mass is 10.1. The van der Waals surface area contributed by atoms with E-state index in [4.69, 9.17) is 11.6 Å². The molecule has 0 atom stereocenters. The smallest absolute Gasteiger partial charge is 0.352 e. The number of fused-ring (bicyclic) bond motifs is 1. The highest BCUT2D eigenvalue weighted by molar-refractivity contribution is 6.32. The summed E-state index contributed by atoms with van der Waals surface area (Å²) in [5.74, 6) is 0. The van der Waals surface area contributed by atoms with Crippen molar-refractivity contribution in [3.63, 3.8) is 0 Å². The van der Waals surface area contributed by atoms with Crippen LogP contribution < -0.4 is 9.80 Å². The molecule has 2 rings (SSSR count). The summed E-state index contributed by atoms with van der Waals surface area (Å²) in [5, 5.41) is -0.238. The highest BCUT2D eigenvalue weighted by atomic mass is 35.5. The third-order valence-corrected chi connectivity index (χ3v) is 3.47. The van der Waals surface area contributed by atoms with Gasteiger partial charge in [0.1, 0.15) is 0 Å². The highest BCUT2D eigenvalue weighted by Crippen LogP contribution is 2.44. The van der Waals surface area contributed by atoms with Crippen molar-refractivity contribution in [2.45, 2.75) is 20.0 Å². The molecule has 0 radical (unpaired) electrons. The van der Waals surface area contributed by atoms with E-state index in [1.165, 1.54) is 6.07 Å². The van der Waals surface area contributed by atoms with E-state index in [0.717, 1.165) is 18.3 Å². The zero-order valence-electron chi connectivity index (χ0n) is 10.2. The van der Waals surface area contributed by atoms with Gasteiger partial charge in [-0.2, -0.15) is 13.2 Å². The predicted octanol–water partition coefficient (Wildman–Crippen LogP) is 3.98. The first-order chi connectivity index (χ1) is 8.38. The molecule has 0 saturated heterocycles. The topological polar surface area (TPSA) is 6.48 Å². The van der Waals surface area contributed by atoms with Gasteiger partial charge in [-0.1, -0.05) is 11.6 Å². The van der Waals surface area contributed by atoms with Crippen LogP contribution in [0.1, 0.15) is 19.4 Å². The Bertz CT molecular complexity index is 459. The second-order valence-corrected chi connectivity index (χ2v) is 4.58. The van der Waals surface area contributed by atoms with Crippen molar-refractivity contribution in [3.8, 4) is 0 Å². The van der Waals surface area contributed by atoms with Crippen LogP contribution in [0.3, 0.4) is 0 Å². The van der Waals surface area contributed by atoms with Gasteiger partial charge in [0.15, 0.2) is 0 Å². The molecular weight excluding hydrogens is 265 g/mol. The highest BCUT2D eigenvalue weighted by Gasteiger charge is 2.36. The van der Waals surface area contributed by atoms with Crippen LogP contribution in [-0.2, 0) is 6.18 Å². The number of alkyl halides is 3. The van der Waals surface area contributed by atoms with Gasteiger partial charge < -0.3 is 9.80 Å². The Balaban J connectivity index is 2.54. The van der Waals surface area contributed by atoms with Gasteiger partial charge >= 0.3 is 6.18 Å². The molecular formula is C12H14ClF3N2. The van der Waals surface area contributed by atoms with Crippen molar-refractivity contribution in [2.75, 3.05) is 29.6 Å². The van der Waals surface area contributed by atoms with E-state index in [1.807, 2.05) is 23.6 Å². The predicted molar refractivity (Wildman–Crippen MR) is 67.4 cm³/mol. The lowest BCUT2D eigenvalue weighted by Gasteiger charge is -2.18. The zero-order valence-corrected chi connectivity index (χ0v) is 10.9. The molecule has 1 heterocycles.